The fourth-order valence-corrected chi connectivity index (χ4v) is 3.00. The van der Waals surface area contributed by atoms with E-state index >= 15 is 0 Å². The van der Waals surface area contributed by atoms with Crippen LogP contribution in [0.25, 0.3) is 6.08 Å². The molecule has 0 aliphatic rings. The molecule has 0 unspecified atom stereocenters. The first kappa shape index (κ1) is 20.4. The quantitative estimate of drug-likeness (QED) is 0.332. The lowest BCUT2D eigenvalue weighted by atomic mass is 10.1. The van der Waals surface area contributed by atoms with Crippen LogP contribution < -0.4 is 10.1 Å². The minimum atomic E-state index is -0.627. The average molecular weight is 503 g/mol. The number of ether oxygens (including phenoxy) is 1. The van der Waals surface area contributed by atoms with Crippen LogP contribution in [0.2, 0.25) is 10.0 Å². The number of hydrogen-bond acceptors (Lipinski definition) is 4. The van der Waals surface area contributed by atoms with Crippen LogP contribution in [0.1, 0.15) is 12.5 Å². The molecule has 0 aromatic heterocycles. The largest absolute Gasteiger partial charge is 0.504 e. The monoisotopic (exact) mass is 502 g/mol. The SMILES string of the molecule is CCOc1cc(/C=C(/C#N)C(=O)Nc2cc(Cl)ccc2Cl)cc(I)c1O. The van der Waals surface area contributed by atoms with Crippen LogP contribution in [0.15, 0.2) is 35.9 Å². The number of nitriles is 1. The van der Waals surface area contributed by atoms with Crippen molar-refractivity contribution in [1.29, 1.82) is 5.26 Å². The van der Waals surface area contributed by atoms with Crippen LogP contribution in [0, 0.1) is 14.9 Å². The second-order valence-electron chi connectivity index (χ2n) is 5.03. The van der Waals surface area contributed by atoms with Gasteiger partial charge in [-0.05, 0) is 71.5 Å². The van der Waals surface area contributed by atoms with Crippen LogP contribution in [0.4, 0.5) is 5.69 Å². The van der Waals surface area contributed by atoms with E-state index < -0.39 is 5.91 Å². The number of nitrogens with zero attached hydrogens (tertiary/aromatic N) is 1. The molecular weight excluding hydrogens is 490 g/mol. The molecule has 0 radical (unpaired) electrons. The van der Waals surface area contributed by atoms with E-state index in [9.17, 15) is 15.2 Å². The molecule has 0 saturated carbocycles. The third-order valence-electron chi connectivity index (χ3n) is 3.20. The first-order valence-electron chi connectivity index (χ1n) is 7.39. The topological polar surface area (TPSA) is 82.3 Å². The van der Waals surface area contributed by atoms with E-state index in [1.165, 1.54) is 12.1 Å². The van der Waals surface area contributed by atoms with Crippen molar-refractivity contribution in [1.82, 2.24) is 0 Å². The van der Waals surface area contributed by atoms with Gasteiger partial charge in [0.05, 0.1) is 20.9 Å². The lowest BCUT2D eigenvalue weighted by Crippen LogP contribution is -2.13. The van der Waals surface area contributed by atoms with Gasteiger partial charge in [0.1, 0.15) is 11.6 Å². The molecule has 0 fully saturated rings. The molecule has 2 aromatic carbocycles. The highest BCUT2D eigenvalue weighted by molar-refractivity contribution is 14.1. The van der Waals surface area contributed by atoms with Gasteiger partial charge in [-0.25, -0.2) is 0 Å². The second kappa shape index (κ2) is 9.12. The smallest absolute Gasteiger partial charge is 0.266 e. The Morgan fingerprint density at radius 1 is 1.38 bits per heavy atom. The number of benzene rings is 2. The Bertz CT molecular complexity index is 923. The fourth-order valence-electron chi connectivity index (χ4n) is 2.04. The number of carbonyl (C=O) groups is 1. The summed E-state index contributed by atoms with van der Waals surface area (Å²) in [6.45, 7) is 2.16. The molecule has 2 N–H and O–H groups in total. The second-order valence-corrected chi connectivity index (χ2v) is 7.04. The van der Waals surface area contributed by atoms with Gasteiger partial charge in [-0.2, -0.15) is 5.26 Å². The van der Waals surface area contributed by atoms with Gasteiger partial charge < -0.3 is 15.2 Å². The first-order valence-corrected chi connectivity index (χ1v) is 9.22. The maximum absolute atomic E-state index is 12.4. The Balaban J connectivity index is 2.34. The summed E-state index contributed by atoms with van der Waals surface area (Å²) in [5.74, 6) is -0.336. The number of carbonyl (C=O) groups excluding carboxylic acids is 1. The Morgan fingerprint density at radius 3 is 2.77 bits per heavy atom. The van der Waals surface area contributed by atoms with Gasteiger partial charge in [0.15, 0.2) is 11.5 Å². The van der Waals surface area contributed by atoms with E-state index in [0.29, 0.717) is 31.5 Å². The number of halogens is 3. The molecule has 5 nitrogen and oxygen atoms in total. The number of nitrogens with one attached hydrogen (secondary N) is 1. The van der Waals surface area contributed by atoms with Crippen LogP contribution in [-0.4, -0.2) is 17.6 Å². The van der Waals surface area contributed by atoms with Gasteiger partial charge in [-0.15, -0.1) is 0 Å². The summed E-state index contributed by atoms with van der Waals surface area (Å²) >= 11 is 13.9. The summed E-state index contributed by atoms with van der Waals surface area (Å²) in [6.07, 6.45) is 1.40. The number of phenolic OH excluding ortho intramolecular Hbond substituents is 1. The molecule has 1 amide bonds. The van der Waals surface area contributed by atoms with E-state index in [-0.39, 0.29) is 17.1 Å². The highest BCUT2D eigenvalue weighted by Crippen LogP contribution is 2.33. The van der Waals surface area contributed by atoms with E-state index in [0.717, 1.165) is 0 Å². The third-order valence-corrected chi connectivity index (χ3v) is 4.59. The van der Waals surface area contributed by atoms with Gasteiger partial charge in [0.2, 0.25) is 0 Å². The lowest BCUT2D eigenvalue weighted by molar-refractivity contribution is -0.112. The Labute approximate surface area is 174 Å². The molecular formula is C18H13Cl2IN2O3. The standard InChI is InChI=1S/C18H13Cl2IN2O3/c1-2-26-16-7-10(6-14(21)17(16)24)5-11(9-22)18(25)23-15-8-12(19)3-4-13(15)20/h3-8,24H,2H2,1H3,(H,23,25)/b11-5-. The molecule has 26 heavy (non-hydrogen) atoms. The lowest BCUT2D eigenvalue weighted by Gasteiger charge is -2.09. The van der Waals surface area contributed by atoms with Crippen molar-refractivity contribution in [3.05, 3.63) is 55.1 Å². The van der Waals surface area contributed by atoms with E-state index in [2.05, 4.69) is 5.32 Å². The number of amides is 1. The van der Waals surface area contributed by atoms with E-state index in [4.69, 9.17) is 27.9 Å². The molecule has 2 rings (SSSR count). The van der Waals surface area contributed by atoms with Crippen molar-refractivity contribution in [2.75, 3.05) is 11.9 Å². The number of rotatable bonds is 5. The fraction of sp³-hybridized carbons (Fsp3) is 0.111. The molecule has 0 aliphatic carbocycles. The predicted octanol–water partition coefficient (Wildman–Crippen LogP) is 5.25. The van der Waals surface area contributed by atoms with Crippen molar-refractivity contribution < 1.29 is 14.6 Å². The molecule has 0 heterocycles. The Morgan fingerprint density at radius 2 is 2.12 bits per heavy atom. The molecule has 0 aliphatic heterocycles. The number of hydrogen-bond donors (Lipinski definition) is 2. The molecule has 0 spiro atoms. The normalized spacial score (nSPS) is 11.0. The zero-order valence-electron chi connectivity index (χ0n) is 13.5. The molecule has 2 aromatic rings. The molecule has 0 saturated heterocycles. The number of anilines is 1. The summed E-state index contributed by atoms with van der Waals surface area (Å²) in [5, 5.41) is 22.6. The van der Waals surface area contributed by atoms with Crippen molar-refractivity contribution in [3.63, 3.8) is 0 Å². The summed E-state index contributed by atoms with van der Waals surface area (Å²) in [4.78, 5) is 12.4. The Hall–Kier alpha value is -1.95. The Kier molecular flexibility index (Phi) is 7.14. The van der Waals surface area contributed by atoms with E-state index in [1.807, 2.05) is 28.7 Å². The first-order chi connectivity index (χ1) is 12.3. The van der Waals surface area contributed by atoms with Crippen LogP contribution in [-0.2, 0) is 4.79 Å². The van der Waals surface area contributed by atoms with Crippen molar-refractivity contribution in [2.24, 2.45) is 0 Å². The van der Waals surface area contributed by atoms with Gasteiger partial charge in [0.25, 0.3) is 5.91 Å². The van der Waals surface area contributed by atoms with Crippen LogP contribution in [0.5, 0.6) is 11.5 Å². The third kappa shape index (κ3) is 5.04. The number of phenols is 1. The minimum Gasteiger partial charge on any atom is -0.504 e. The van der Waals surface area contributed by atoms with Gasteiger partial charge in [-0.3, -0.25) is 4.79 Å². The maximum Gasteiger partial charge on any atom is 0.266 e. The van der Waals surface area contributed by atoms with E-state index in [1.54, 1.807) is 31.2 Å². The summed E-state index contributed by atoms with van der Waals surface area (Å²) < 4.78 is 5.90. The molecule has 0 atom stereocenters. The van der Waals surface area contributed by atoms with Crippen molar-refractivity contribution in [2.45, 2.75) is 6.92 Å². The zero-order chi connectivity index (χ0) is 19.3. The van der Waals surface area contributed by atoms with Crippen molar-refractivity contribution in [3.8, 4) is 17.6 Å². The summed E-state index contributed by atoms with van der Waals surface area (Å²) in [7, 11) is 0. The predicted molar refractivity (Wildman–Crippen MR) is 111 cm³/mol. The molecule has 8 heteroatoms. The van der Waals surface area contributed by atoms with Crippen LogP contribution >= 0.6 is 45.8 Å². The summed E-state index contributed by atoms with van der Waals surface area (Å²) in [6, 6.07) is 9.68. The minimum absolute atomic E-state index is 0.0123. The molecule has 134 valence electrons. The van der Waals surface area contributed by atoms with Crippen LogP contribution in [0.3, 0.4) is 0 Å². The highest BCUT2D eigenvalue weighted by Gasteiger charge is 2.14. The van der Waals surface area contributed by atoms with Gasteiger partial charge in [-0.1, -0.05) is 23.2 Å². The number of aromatic hydroxyl groups is 1. The maximum atomic E-state index is 12.4. The average Bonchev–Trinajstić information content (AvgIpc) is 2.60. The van der Waals surface area contributed by atoms with Gasteiger partial charge in [0, 0.05) is 5.02 Å². The highest BCUT2D eigenvalue weighted by atomic mass is 127. The zero-order valence-corrected chi connectivity index (χ0v) is 17.2. The van der Waals surface area contributed by atoms with Crippen molar-refractivity contribution >= 4 is 63.5 Å². The summed E-state index contributed by atoms with van der Waals surface area (Å²) in [5.41, 5.74) is 0.713. The molecule has 0 bridgehead atoms. The van der Waals surface area contributed by atoms with Gasteiger partial charge >= 0.3 is 0 Å².